The zero-order chi connectivity index (χ0) is 26.2. The molecule has 0 aliphatic carbocycles. The lowest BCUT2D eigenvalue weighted by molar-refractivity contribution is -0.127. The van der Waals surface area contributed by atoms with Gasteiger partial charge in [-0.3, -0.25) is 25.3 Å². The molecule has 10 heteroatoms. The Hall–Kier alpha value is -4.70. The highest BCUT2D eigenvalue weighted by atomic mass is 16.5. The second-order valence-corrected chi connectivity index (χ2v) is 8.43. The van der Waals surface area contributed by atoms with E-state index in [1.807, 2.05) is 42.5 Å². The molecule has 1 atom stereocenters. The van der Waals surface area contributed by atoms with E-state index in [0.29, 0.717) is 24.4 Å². The zero-order valence-corrected chi connectivity index (χ0v) is 20.4. The Morgan fingerprint density at radius 2 is 1.76 bits per heavy atom. The molecule has 2 amide bonds. The van der Waals surface area contributed by atoms with Crippen LogP contribution < -0.4 is 26.4 Å². The second-order valence-electron chi connectivity index (χ2n) is 8.43. The number of ether oxygens (including phenoxy) is 1. The summed E-state index contributed by atoms with van der Waals surface area (Å²) >= 11 is 0. The number of pyridine rings is 1. The summed E-state index contributed by atoms with van der Waals surface area (Å²) in [6.45, 7) is 0.555. The lowest BCUT2D eigenvalue weighted by Crippen LogP contribution is -2.42. The Morgan fingerprint density at radius 1 is 1.03 bits per heavy atom. The molecule has 0 fully saturated rings. The average molecular weight is 500 g/mol. The number of carbonyl (C=O) groups excluding carboxylic acids is 2. The van der Waals surface area contributed by atoms with E-state index in [1.54, 1.807) is 37.8 Å². The van der Waals surface area contributed by atoms with Crippen molar-refractivity contribution in [3.05, 3.63) is 95.4 Å². The van der Waals surface area contributed by atoms with Crippen molar-refractivity contribution >= 4 is 28.6 Å². The molecule has 1 unspecified atom stereocenters. The molecule has 0 spiro atoms. The van der Waals surface area contributed by atoms with Gasteiger partial charge in [-0.25, -0.2) is 0 Å². The quantitative estimate of drug-likeness (QED) is 0.137. The summed E-state index contributed by atoms with van der Waals surface area (Å²) in [5, 5.41) is 17.2. The van der Waals surface area contributed by atoms with Crippen LogP contribution in [0.15, 0.2) is 73.2 Å². The molecule has 10 nitrogen and oxygen atoms in total. The van der Waals surface area contributed by atoms with Crippen molar-refractivity contribution in [2.24, 2.45) is 5.73 Å². The van der Waals surface area contributed by atoms with Crippen molar-refractivity contribution in [3.8, 4) is 5.75 Å². The molecule has 2 aromatic carbocycles. The molecule has 4 rings (SSSR count). The van der Waals surface area contributed by atoms with Crippen molar-refractivity contribution in [1.29, 1.82) is 5.41 Å². The standard InChI is InChI=1S/C27H29N7O3/c1-37-20-6-7-23-21(12-20)22(15-31-23)25(33-14-17-2-4-19(5-3-17)26(28)29)27(36)34-16-24(35)32-13-18-8-10-30-11-9-18/h2-12,15,25,31,33H,13-14,16H2,1H3,(H3,28,29)(H,32,35)(H,34,36). The van der Waals surface area contributed by atoms with E-state index in [2.05, 4.69) is 25.9 Å². The third-order valence-electron chi connectivity index (χ3n) is 5.93. The smallest absolute Gasteiger partial charge is 0.242 e. The molecule has 0 aliphatic rings. The number of aromatic amines is 1. The number of hydrogen-bond acceptors (Lipinski definition) is 6. The molecule has 0 bridgehead atoms. The zero-order valence-electron chi connectivity index (χ0n) is 20.4. The maximum absolute atomic E-state index is 13.3. The Bertz CT molecular complexity index is 1380. The fourth-order valence-electron chi connectivity index (χ4n) is 3.89. The number of H-pyrrole nitrogens is 1. The van der Waals surface area contributed by atoms with Gasteiger partial charge in [0.05, 0.1) is 13.7 Å². The number of nitrogen functional groups attached to an aromatic ring is 1. The maximum atomic E-state index is 13.3. The van der Waals surface area contributed by atoms with Crippen LogP contribution in [0.25, 0.3) is 10.9 Å². The highest BCUT2D eigenvalue weighted by molar-refractivity contribution is 5.95. The summed E-state index contributed by atoms with van der Waals surface area (Å²) in [5.74, 6) is 0.0157. The largest absolute Gasteiger partial charge is 0.497 e. The van der Waals surface area contributed by atoms with Gasteiger partial charge >= 0.3 is 0 Å². The van der Waals surface area contributed by atoms with E-state index < -0.39 is 6.04 Å². The van der Waals surface area contributed by atoms with Crippen LogP contribution >= 0.6 is 0 Å². The van der Waals surface area contributed by atoms with Crippen LogP contribution in [0.2, 0.25) is 0 Å². The number of methoxy groups -OCH3 is 1. The predicted molar refractivity (Wildman–Crippen MR) is 141 cm³/mol. The predicted octanol–water partition coefficient (Wildman–Crippen LogP) is 2.12. The van der Waals surface area contributed by atoms with Gasteiger partial charge in [0.2, 0.25) is 11.8 Å². The highest BCUT2D eigenvalue weighted by Crippen LogP contribution is 2.28. The number of nitrogens with one attached hydrogen (secondary N) is 5. The molecule has 2 aromatic heterocycles. The first-order valence-electron chi connectivity index (χ1n) is 11.7. The summed E-state index contributed by atoms with van der Waals surface area (Å²) in [4.78, 5) is 32.9. The Kier molecular flexibility index (Phi) is 8.11. The SMILES string of the molecule is COc1ccc2[nH]cc(C(NCc3ccc(C(=N)N)cc3)C(=O)NCC(=O)NCc3ccncc3)c2c1. The maximum Gasteiger partial charge on any atom is 0.242 e. The summed E-state index contributed by atoms with van der Waals surface area (Å²) < 4.78 is 5.37. The fraction of sp³-hybridized carbons (Fsp3) is 0.185. The van der Waals surface area contributed by atoms with Gasteiger partial charge in [-0.15, -0.1) is 0 Å². The highest BCUT2D eigenvalue weighted by Gasteiger charge is 2.24. The van der Waals surface area contributed by atoms with Crippen LogP contribution in [0, 0.1) is 5.41 Å². The van der Waals surface area contributed by atoms with Crippen LogP contribution in [0.5, 0.6) is 5.75 Å². The van der Waals surface area contributed by atoms with E-state index in [0.717, 1.165) is 27.6 Å². The lowest BCUT2D eigenvalue weighted by Gasteiger charge is -2.19. The first kappa shape index (κ1) is 25.4. The molecular formula is C27H29N7O3. The lowest BCUT2D eigenvalue weighted by atomic mass is 10.0. The number of aromatic nitrogens is 2. The molecule has 0 saturated carbocycles. The number of amidine groups is 1. The third-order valence-corrected chi connectivity index (χ3v) is 5.93. The Balaban J connectivity index is 1.48. The summed E-state index contributed by atoms with van der Waals surface area (Å²) in [6, 6.07) is 15.7. The van der Waals surface area contributed by atoms with E-state index in [9.17, 15) is 9.59 Å². The second kappa shape index (κ2) is 11.8. The molecule has 0 aliphatic heterocycles. The van der Waals surface area contributed by atoms with Gasteiger partial charge in [0, 0.05) is 53.7 Å². The van der Waals surface area contributed by atoms with Crippen molar-refractivity contribution in [2.75, 3.05) is 13.7 Å². The van der Waals surface area contributed by atoms with Gasteiger partial charge in [-0.1, -0.05) is 24.3 Å². The van der Waals surface area contributed by atoms with Gasteiger partial charge in [0.15, 0.2) is 0 Å². The number of rotatable bonds is 11. The minimum Gasteiger partial charge on any atom is -0.497 e. The molecule has 0 radical (unpaired) electrons. The van der Waals surface area contributed by atoms with Gasteiger partial charge in [0.25, 0.3) is 0 Å². The van der Waals surface area contributed by atoms with Gasteiger partial charge < -0.3 is 26.1 Å². The number of fused-ring (bicyclic) bond motifs is 1. The van der Waals surface area contributed by atoms with E-state index in [-0.39, 0.29) is 24.2 Å². The number of amides is 2. The summed E-state index contributed by atoms with van der Waals surface area (Å²) in [6.07, 6.45) is 5.09. The molecule has 7 N–H and O–H groups in total. The Labute approximate surface area is 214 Å². The first-order valence-corrected chi connectivity index (χ1v) is 11.7. The summed E-state index contributed by atoms with van der Waals surface area (Å²) in [7, 11) is 1.59. The van der Waals surface area contributed by atoms with E-state index in [1.165, 1.54) is 0 Å². The van der Waals surface area contributed by atoms with Crippen LogP contribution in [-0.4, -0.2) is 41.3 Å². The topological polar surface area (TPSA) is 158 Å². The van der Waals surface area contributed by atoms with E-state index >= 15 is 0 Å². The first-order chi connectivity index (χ1) is 17.9. The van der Waals surface area contributed by atoms with Crippen molar-refractivity contribution in [1.82, 2.24) is 25.9 Å². The fourth-order valence-corrected chi connectivity index (χ4v) is 3.89. The molecule has 4 aromatic rings. The molecular weight excluding hydrogens is 470 g/mol. The van der Waals surface area contributed by atoms with Gasteiger partial charge in [-0.2, -0.15) is 0 Å². The third kappa shape index (κ3) is 6.50. The minimum absolute atomic E-state index is 0.00768. The van der Waals surface area contributed by atoms with Crippen molar-refractivity contribution in [3.63, 3.8) is 0 Å². The Morgan fingerprint density at radius 3 is 2.46 bits per heavy atom. The van der Waals surface area contributed by atoms with Crippen LogP contribution in [0.1, 0.15) is 28.3 Å². The average Bonchev–Trinajstić information content (AvgIpc) is 3.34. The minimum atomic E-state index is -0.749. The molecule has 0 saturated heterocycles. The van der Waals surface area contributed by atoms with Crippen LogP contribution in [0.4, 0.5) is 0 Å². The monoisotopic (exact) mass is 499 g/mol. The molecule has 2 heterocycles. The van der Waals surface area contributed by atoms with Gasteiger partial charge in [-0.05, 0) is 41.5 Å². The normalized spacial score (nSPS) is 11.6. The van der Waals surface area contributed by atoms with Crippen LogP contribution in [0.3, 0.4) is 0 Å². The number of benzene rings is 2. The van der Waals surface area contributed by atoms with Crippen molar-refractivity contribution in [2.45, 2.75) is 19.1 Å². The van der Waals surface area contributed by atoms with Crippen molar-refractivity contribution < 1.29 is 14.3 Å². The number of hydrogen-bond donors (Lipinski definition) is 6. The molecule has 37 heavy (non-hydrogen) atoms. The number of nitrogens with two attached hydrogens (primary N) is 1. The number of nitrogens with zero attached hydrogens (tertiary/aromatic N) is 1. The van der Waals surface area contributed by atoms with Crippen LogP contribution in [-0.2, 0) is 22.7 Å². The van der Waals surface area contributed by atoms with Gasteiger partial charge in [0.1, 0.15) is 17.6 Å². The van der Waals surface area contributed by atoms with E-state index in [4.69, 9.17) is 15.9 Å². The number of carbonyl (C=O) groups is 2. The summed E-state index contributed by atoms with van der Waals surface area (Å²) in [5.41, 5.74) is 9.58. The molecule has 190 valence electrons.